The van der Waals surface area contributed by atoms with Gasteiger partial charge in [0.2, 0.25) is 0 Å². The lowest BCUT2D eigenvalue weighted by Gasteiger charge is -2.31. The van der Waals surface area contributed by atoms with Crippen molar-refractivity contribution in [2.24, 2.45) is 11.7 Å². The van der Waals surface area contributed by atoms with Crippen molar-refractivity contribution in [1.29, 1.82) is 0 Å². The van der Waals surface area contributed by atoms with Crippen molar-refractivity contribution in [3.63, 3.8) is 0 Å². The van der Waals surface area contributed by atoms with Crippen molar-refractivity contribution in [3.05, 3.63) is 70.8 Å². The third-order valence-electron chi connectivity index (χ3n) is 7.55. The number of anilines is 2. The highest BCUT2D eigenvalue weighted by atomic mass is 19.4. The van der Waals surface area contributed by atoms with Gasteiger partial charge in [-0.05, 0) is 86.4 Å². The number of nitrogens with two attached hydrogens (primary N) is 1. The number of nitrogens with one attached hydrogen (secondary N) is 3. The average molecular weight is 599 g/mol. The Morgan fingerprint density at radius 3 is 2.05 bits per heavy atom. The monoisotopic (exact) mass is 598 g/mol. The molecule has 0 bridgehead atoms. The Hall–Kier alpha value is -4.45. The van der Waals surface area contributed by atoms with Gasteiger partial charge >= 0.3 is 24.1 Å². The molecule has 0 spiro atoms. The zero-order chi connectivity index (χ0) is 31.5. The standard InChI is InChI=1S/C31H33F3N4O5/c1-16-12-17(2)25(18(3)13-16)38-30(42)36-24-15-21-7-5-4-6-20(21)14-23(24)27(39)37-26(19-8-10-22(35)11-9-19)28(40)43-29(41)31(32,33)34/h4-7,12-15,19,22,26H,8-11,35H2,1-3H3,(H,37,39)(H2,36,38,42). The fourth-order valence-electron chi connectivity index (χ4n) is 5.46. The first-order valence-electron chi connectivity index (χ1n) is 13.8. The van der Waals surface area contributed by atoms with E-state index in [1.54, 1.807) is 30.3 Å². The number of hydrogen-bond acceptors (Lipinski definition) is 6. The van der Waals surface area contributed by atoms with Gasteiger partial charge in [-0.25, -0.2) is 14.4 Å². The maximum absolute atomic E-state index is 13.7. The number of carbonyl (C=O) groups excluding carboxylic acids is 4. The summed E-state index contributed by atoms with van der Waals surface area (Å²) in [4.78, 5) is 51.1. The molecule has 3 amide bonds. The minimum Gasteiger partial charge on any atom is -0.385 e. The van der Waals surface area contributed by atoms with E-state index in [1.165, 1.54) is 6.07 Å². The van der Waals surface area contributed by atoms with Crippen molar-refractivity contribution in [2.75, 3.05) is 10.6 Å². The summed E-state index contributed by atoms with van der Waals surface area (Å²) in [6.45, 7) is 5.64. The smallest absolute Gasteiger partial charge is 0.385 e. The summed E-state index contributed by atoms with van der Waals surface area (Å²) in [6, 6.07) is 11.6. The van der Waals surface area contributed by atoms with Crippen molar-refractivity contribution in [1.82, 2.24) is 5.32 Å². The first kappa shape index (κ1) is 31.5. The third-order valence-corrected chi connectivity index (χ3v) is 7.55. The summed E-state index contributed by atoms with van der Waals surface area (Å²) in [5.74, 6) is -5.66. The van der Waals surface area contributed by atoms with E-state index in [-0.39, 0.29) is 17.3 Å². The molecule has 9 nitrogen and oxygen atoms in total. The molecule has 1 unspecified atom stereocenters. The molecule has 12 heteroatoms. The summed E-state index contributed by atoms with van der Waals surface area (Å²) in [5, 5.41) is 9.32. The first-order valence-corrected chi connectivity index (χ1v) is 13.8. The highest BCUT2D eigenvalue weighted by Gasteiger charge is 2.45. The summed E-state index contributed by atoms with van der Waals surface area (Å²) < 4.78 is 42.7. The van der Waals surface area contributed by atoms with Crippen LogP contribution in [0.2, 0.25) is 0 Å². The number of fused-ring (bicyclic) bond motifs is 1. The molecule has 5 N–H and O–H groups in total. The number of alkyl halides is 3. The normalized spacial score (nSPS) is 17.6. The van der Waals surface area contributed by atoms with Crippen LogP contribution in [0, 0.1) is 26.7 Å². The van der Waals surface area contributed by atoms with Gasteiger partial charge in [-0.15, -0.1) is 0 Å². The maximum Gasteiger partial charge on any atom is 0.491 e. The van der Waals surface area contributed by atoms with Crippen LogP contribution in [-0.2, 0) is 14.3 Å². The number of hydrogen-bond donors (Lipinski definition) is 4. The van der Waals surface area contributed by atoms with Gasteiger partial charge in [0.05, 0.1) is 11.3 Å². The highest BCUT2D eigenvalue weighted by Crippen LogP contribution is 2.30. The van der Waals surface area contributed by atoms with E-state index in [4.69, 9.17) is 5.73 Å². The quantitative estimate of drug-likeness (QED) is 0.213. The number of amides is 3. The Morgan fingerprint density at radius 1 is 0.884 bits per heavy atom. The van der Waals surface area contributed by atoms with Gasteiger partial charge in [-0.2, -0.15) is 13.2 Å². The highest BCUT2D eigenvalue weighted by molar-refractivity contribution is 6.10. The Labute approximate surface area is 246 Å². The molecule has 0 aliphatic heterocycles. The van der Waals surface area contributed by atoms with Crippen LogP contribution in [-0.4, -0.2) is 42.1 Å². The molecular weight excluding hydrogens is 565 g/mol. The number of esters is 2. The Morgan fingerprint density at radius 2 is 1.47 bits per heavy atom. The molecule has 0 radical (unpaired) electrons. The van der Waals surface area contributed by atoms with Crippen LogP contribution in [0.1, 0.15) is 52.7 Å². The molecule has 1 saturated carbocycles. The number of aryl methyl sites for hydroxylation is 3. The number of halogens is 3. The van der Waals surface area contributed by atoms with E-state index >= 15 is 0 Å². The molecular formula is C31H33F3N4O5. The van der Waals surface area contributed by atoms with E-state index in [1.807, 2.05) is 32.9 Å². The summed E-state index contributed by atoms with van der Waals surface area (Å²) in [7, 11) is 0. The SMILES string of the molecule is Cc1cc(C)c(NC(=O)Nc2cc3ccccc3cc2C(=O)NC(C(=O)OC(=O)C(F)(F)F)C2CCC(N)CC2)c(C)c1. The van der Waals surface area contributed by atoms with Crippen LogP contribution in [0.4, 0.5) is 29.3 Å². The third kappa shape index (κ3) is 7.69. The van der Waals surface area contributed by atoms with Gasteiger partial charge in [0.25, 0.3) is 5.91 Å². The summed E-state index contributed by atoms with van der Waals surface area (Å²) in [5.41, 5.74) is 9.31. The predicted octanol–water partition coefficient (Wildman–Crippen LogP) is 5.66. The van der Waals surface area contributed by atoms with Crippen molar-refractivity contribution in [3.8, 4) is 0 Å². The molecule has 3 aromatic carbocycles. The molecule has 0 heterocycles. The molecule has 0 saturated heterocycles. The fourth-order valence-corrected chi connectivity index (χ4v) is 5.46. The van der Waals surface area contributed by atoms with E-state index < -0.39 is 42.0 Å². The minimum atomic E-state index is -5.39. The average Bonchev–Trinajstić information content (AvgIpc) is 2.93. The van der Waals surface area contributed by atoms with Crippen LogP contribution in [0.25, 0.3) is 10.8 Å². The largest absolute Gasteiger partial charge is 0.491 e. The van der Waals surface area contributed by atoms with E-state index in [2.05, 4.69) is 20.7 Å². The van der Waals surface area contributed by atoms with E-state index in [0.29, 0.717) is 42.1 Å². The van der Waals surface area contributed by atoms with Crippen LogP contribution in [0.3, 0.4) is 0 Å². The predicted molar refractivity (Wildman–Crippen MR) is 156 cm³/mol. The zero-order valence-electron chi connectivity index (χ0n) is 23.9. The maximum atomic E-state index is 13.7. The molecule has 4 rings (SSSR count). The first-order chi connectivity index (χ1) is 20.2. The molecule has 1 aliphatic carbocycles. The number of carbonyl (C=O) groups is 4. The van der Waals surface area contributed by atoms with Crippen LogP contribution >= 0.6 is 0 Å². The van der Waals surface area contributed by atoms with Crippen molar-refractivity contribution in [2.45, 2.75) is 64.7 Å². The Kier molecular flexibility index (Phi) is 9.39. The lowest BCUT2D eigenvalue weighted by atomic mass is 9.81. The lowest BCUT2D eigenvalue weighted by molar-refractivity contribution is -0.202. The lowest BCUT2D eigenvalue weighted by Crippen LogP contribution is -2.50. The summed E-state index contributed by atoms with van der Waals surface area (Å²) >= 11 is 0. The fraction of sp³-hybridized carbons (Fsp3) is 0.355. The molecule has 43 heavy (non-hydrogen) atoms. The zero-order valence-corrected chi connectivity index (χ0v) is 23.9. The number of rotatable bonds is 6. The molecule has 3 aromatic rings. The second-order valence-electron chi connectivity index (χ2n) is 10.9. The second kappa shape index (κ2) is 12.8. The van der Waals surface area contributed by atoms with Gasteiger partial charge < -0.3 is 26.4 Å². The number of benzene rings is 3. The molecule has 0 aromatic heterocycles. The summed E-state index contributed by atoms with van der Waals surface area (Å²) in [6.07, 6.45) is -3.81. The van der Waals surface area contributed by atoms with Gasteiger partial charge in [0, 0.05) is 11.7 Å². The van der Waals surface area contributed by atoms with Crippen molar-refractivity contribution < 1.29 is 37.1 Å². The second-order valence-corrected chi connectivity index (χ2v) is 10.9. The van der Waals surface area contributed by atoms with Gasteiger partial charge in [0.1, 0.15) is 6.04 Å². The van der Waals surface area contributed by atoms with E-state index in [0.717, 1.165) is 16.7 Å². The molecule has 1 fully saturated rings. The Bertz CT molecular complexity index is 1540. The van der Waals surface area contributed by atoms with Gasteiger partial charge in [-0.1, -0.05) is 42.0 Å². The molecule has 1 atom stereocenters. The van der Waals surface area contributed by atoms with Gasteiger partial charge in [0.15, 0.2) is 0 Å². The van der Waals surface area contributed by atoms with Gasteiger partial charge in [-0.3, -0.25) is 4.79 Å². The number of urea groups is 1. The topological polar surface area (TPSA) is 140 Å². The van der Waals surface area contributed by atoms with Crippen LogP contribution < -0.4 is 21.7 Å². The Balaban J connectivity index is 1.65. The number of ether oxygens (including phenoxy) is 1. The van der Waals surface area contributed by atoms with E-state index in [9.17, 15) is 32.3 Å². The molecule has 228 valence electrons. The van der Waals surface area contributed by atoms with Crippen LogP contribution in [0.5, 0.6) is 0 Å². The molecule has 1 aliphatic rings. The van der Waals surface area contributed by atoms with Crippen LogP contribution in [0.15, 0.2) is 48.5 Å². The minimum absolute atomic E-state index is 0.0429. The van der Waals surface area contributed by atoms with Crippen molar-refractivity contribution >= 4 is 46.0 Å².